The summed E-state index contributed by atoms with van der Waals surface area (Å²) in [5, 5.41) is 0. The van der Waals surface area contributed by atoms with Crippen LogP contribution in [0.5, 0.6) is 0 Å². The van der Waals surface area contributed by atoms with Gasteiger partial charge in [0, 0.05) is 32.3 Å². The second-order valence-corrected chi connectivity index (χ2v) is 4.02. The standard InChI is InChI=1S/C10H19NO2/c1-9-8-11(4-7-13-9)10-2-5-12-6-3-10/h9-10H,2-8H2,1H3/t9-/m1/s1. The Labute approximate surface area is 80.0 Å². The van der Waals surface area contributed by atoms with Gasteiger partial charge in [-0.2, -0.15) is 0 Å². The lowest BCUT2D eigenvalue weighted by Crippen LogP contribution is -2.48. The first kappa shape index (κ1) is 9.44. The zero-order valence-corrected chi connectivity index (χ0v) is 8.37. The summed E-state index contributed by atoms with van der Waals surface area (Å²) in [6.45, 7) is 7.15. The molecule has 2 saturated heterocycles. The van der Waals surface area contributed by atoms with E-state index in [1.165, 1.54) is 12.8 Å². The fourth-order valence-electron chi connectivity index (χ4n) is 2.23. The van der Waals surface area contributed by atoms with Gasteiger partial charge in [0.2, 0.25) is 0 Å². The highest BCUT2D eigenvalue weighted by Gasteiger charge is 2.25. The van der Waals surface area contributed by atoms with Crippen molar-refractivity contribution in [2.45, 2.75) is 31.9 Å². The Morgan fingerprint density at radius 3 is 2.62 bits per heavy atom. The van der Waals surface area contributed by atoms with Gasteiger partial charge in [-0.25, -0.2) is 0 Å². The molecule has 13 heavy (non-hydrogen) atoms. The predicted octanol–water partition coefficient (Wildman–Crippen LogP) is 0.886. The normalized spacial score (nSPS) is 33.5. The number of morpholine rings is 1. The highest BCUT2D eigenvalue weighted by atomic mass is 16.5. The fourth-order valence-corrected chi connectivity index (χ4v) is 2.23. The predicted molar refractivity (Wildman–Crippen MR) is 50.8 cm³/mol. The fraction of sp³-hybridized carbons (Fsp3) is 1.00. The molecule has 3 heteroatoms. The van der Waals surface area contributed by atoms with Crippen LogP contribution in [0.1, 0.15) is 19.8 Å². The summed E-state index contributed by atoms with van der Waals surface area (Å²) in [5.41, 5.74) is 0. The van der Waals surface area contributed by atoms with Crippen molar-refractivity contribution in [2.75, 3.05) is 32.9 Å². The van der Waals surface area contributed by atoms with Gasteiger partial charge in [0.25, 0.3) is 0 Å². The van der Waals surface area contributed by atoms with Crippen LogP contribution in [0, 0.1) is 0 Å². The highest BCUT2D eigenvalue weighted by Crippen LogP contribution is 2.17. The minimum Gasteiger partial charge on any atom is -0.381 e. The van der Waals surface area contributed by atoms with E-state index in [-0.39, 0.29) is 0 Å². The third kappa shape index (κ3) is 2.42. The van der Waals surface area contributed by atoms with Crippen molar-refractivity contribution in [2.24, 2.45) is 0 Å². The second-order valence-electron chi connectivity index (χ2n) is 4.02. The van der Waals surface area contributed by atoms with E-state index in [1.54, 1.807) is 0 Å². The number of hydrogen-bond donors (Lipinski definition) is 0. The van der Waals surface area contributed by atoms with E-state index in [4.69, 9.17) is 9.47 Å². The molecule has 0 amide bonds. The molecule has 2 rings (SSSR count). The molecule has 2 heterocycles. The van der Waals surface area contributed by atoms with Crippen molar-refractivity contribution >= 4 is 0 Å². The quantitative estimate of drug-likeness (QED) is 0.605. The molecule has 0 unspecified atom stereocenters. The molecule has 0 aromatic heterocycles. The van der Waals surface area contributed by atoms with Gasteiger partial charge in [-0.05, 0) is 19.8 Å². The van der Waals surface area contributed by atoms with Crippen LogP contribution in [0.15, 0.2) is 0 Å². The summed E-state index contributed by atoms with van der Waals surface area (Å²) in [5.74, 6) is 0. The summed E-state index contributed by atoms with van der Waals surface area (Å²) >= 11 is 0. The molecule has 0 aliphatic carbocycles. The molecular weight excluding hydrogens is 166 g/mol. The first-order valence-electron chi connectivity index (χ1n) is 5.29. The van der Waals surface area contributed by atoms with Crippen molar-refractivity contribution < 1.29 is 9.47 Å². The van der Waals surface area contributed by atoms with E-state index in [2.05, 4.69) is 11.8 Å². The minimum atomic E-state index is 0.414. The average Bonchev–Trinajstić information content (AvgIpc) is 2.19. The third-order valence-corrected chi connectivity index (χ3v) is 2.98. The minimum absolute atomic E-state index is 0.414. The van der Waals surface area contributed by atoms with Gasteiger partial charge in [0.15, 0.2) is 0 Å². The lowest BCUT2D eigenvalue weighted by Gasteiger charge is -2.38. The molecular formula is C10H19NO2. The molecule has 0 radical (unpaired) electrons. The van der Waals surface area contributed by atoms with Gasteiger partial charge in [0.05, 0.1) is 12.7 Å². The summed E-state index contributed by atoms with van der Waals surface area (Å²) in [4.78, 5) is 2.57. The molecule has 0 aromatic rings. The Bertz CT molecular complexity index is 157. The van der Waals surface area contributed by atoms with Crippen LogP contribution in [0.2, 0.25) is 0 Å². The lowest BCUT2D eigenvalue weighted by molar-refractivity contribution is -0.0545. The van der Waals surface area contributed by atoms with Crippen molar-refractivity contribution in [3.63, 3.8) is 0 Å². The maximum atomic E-state index is 5.53. The Morgan fingerprint density at radius 2 is 1.92 bits per heavy atom. The SMILES string of the molecule is C[C@@H]1CN(C2CCOCC2)CCO1. The van der Waals surface area contributed by atoms with Crippen molar-refractivity contribution in [3.8, 4) is 0 Å². The second kappa shape index (κ2) is 4.40. The van der Waals surface area contributed by atoms with Crippen molar-refractivity contribution in [3.05, 3.63) is 0 Å². The monoisotopic (exact) mass is 185 g/mol. The third-order valence-electron chi connectivity index (χ3n) is 2.98. The largest absolute Gasteiger partial charge is 0.381 e. The van der Waals surface area contributed by atoms with E-state index in [9.17, 15) is 0 Å². The van der Waals surface area contributed by atoms with Crippen LogP contribution in [-0.4, -0.2) is 50.0 Å². The van der Waals surface area contributed by atoms with Crippen molar-refractivity contribution in [1.29, 1.82) is 0 Å². The molecule has 0 saturated carbocycles. The van der Waals surface area contributed by atoms with Crippen LogP contribution in [0.25, 0.3) is 0 Å². The van der Waals surface area contributed by atoms with E-state index < -0.39 is 0 Å². The van der Waals surface area contributed by atoms with Gasteiger partial charge in [-0.1, -0.05) is 0 Å². The van der Waals surface area contributed by atoms with E-state index in [1.807, 2.05) is 0 Å². The smallest absolute Gasteiger partial charge is 0.0674 e. The Balaban J connectivity index is 1.83. The summed E-state index contributed by atoms with van der Waals surface area (Å²) in [6, 6.07) is 0.750. The first-order chi connectivity index (χ1) is 6.36. The zero-order valence-electron chi connectivity index (χ0n) is 8.37. The summed E-state index contributed by atoms with van der Waals surface area (Å²) < 4.78 is 10.9. The number of ether oxygens (including phenoxy) is 2. The van der Waals surface area contributed by atoms with E-state index in [0.717, 1.165) is 39.0 Å². The zero-order chi connectivity index (χ0) is 9.10. The molecule has 76 valence electrons. The van der Waals surface area contributed by atoms with Crippen LogP contribution in [0.4, 0.5) is 0 Å². The first-order valence-corrected chi connectivity index (χ1v) is 5.29. The molecule has 2 fully saturated rings. The molecule has 0 N–H and O–H groups in total. The Hall–Kier alpha value is -0.120. The van der Waals surface area contributed by atoms with Crippen LogP contribution in [0.3, 0.4) is 0 Å². The molecule has 1 atom stereocenters. The maximum absolute atomic E-state index is 5.53. The maximum Gasteiger partial charge on any atom is 0.0674 e. The van der Waals surface area contributed by atoms with Gasteiger partial charge >= 0.3 is 0 Å². The van der Waals surface area contributed by atoms with Gasteiger partial charge in [-0.15, -0.1) is 0 Å². The average molecular weight is 185 g/mol. The highest BCUT2D eigenvalue weighted by molar-refractivity contribution is 4.78. The number of hydrogen-bond acceptors (Lipinski definition) is 3. The molecule has 0 aromatic carbocycles. The van der Waals surface area contributed by atoms with Gasteiger partial charge < -0.3 is 9.47 Å². The molecule has 0 spiro atoms. The van der Waals surface area contributed by atoms with E-state index >= 15 is 0 Å². The summed E-state index contributed by atoms with van der Waals surface area (Å²) in [7, 11) is 0. The van der Waals surface area contributed by atoms with Gasteiger partial charge in [0.1, 0.15) is 0 Å². The molecule has 0 bridgehead atoms. The van der Waals surface area contributed by atoms with Crippen LogP contribution in [-0.2, 0) is 9.47 Å². The van der Waals surface area contributed by atoms with Crippen LogP contribution < -0.4 is 0 Å². The number of rotatable bonds is 1. The van der Waals surface area contributed by atoms with Gasteiger partial charge in [-0.3, -0.25) is 4.90 Å². The van der Waals surface area contributed by atoms with Crippen molar-refractivity contribution in [1.82, 2.24) is 4.90 Å². The molecule has 2 aliphatic rings. The topological polar surface area (TPSA) is 21.7 Å². The van der Waals surface area contributed by atoms with E-state index in [0.29, 0.717) is 6.10 Å². The molecule has 3 nitrogen and oxygen atoms in total. The Morgan fingerprint density at radius 1 is 1.15 bits per heavy atom. The Kier molecular flexibility index (Phi) is 3.19. The summed E-state index contributed by atoms with van der Waals surface area (Å²) in [6.07, 6.45) is 2.82. The van der Waals surface area contributed by atoms with Crippen LogP contribution >= 0.6 is 0 Å². The lowest BCUT2D eigenvalue weighted by atomic mass is 10.1. The molecule has 2 aliphatic heterocycles. The number of nitrogens with zero attached hydrogens (tertiary/aromatic N) is 1.